The number of aryl methyl sites for hydroxylation is 1. The van der Waals surface area contributed by atoms with Crippen molar-refractivity contribution in [2.75, 3.05) is 5.73 Å². The van der Waals surface area contributed by atoms with Crippen LogP contribution in [0.2, 0.25) is 0 Å². The molecule has 0 spiro atoms. The SMILES string of the molecule is CCCc1noc(CSc2nnc(N)n2C(C)C)n1. The lowest BCUT2D eigenvalue weighted by Gasteiger charge is -2.10. The zero-order chi connectivity index (χ0) is 13.8. The number of nitrogens with zero attached hydrogens (tertiary/aromatic N) is 5. The molecule has 0 amide bonds. The maximum absolute atomic E-state index is 5.78. The predicted molar refractivity (Wildman–Crippen MR) is 72.7 cm³/mol. The molecule has 2 rings (SSSR count). The van der Waals surface area contributed by atoms with Gasteiger partial charge in [0.1, 0.15) is 0 Å². The molecule has 0 aliphatic carbocycles. The van der Waals surface area contributed by atoms with E-state index in [2.05, 4.69) is 27.3 Å². The topological polar surface area (TPSA) is 95.6 Å². The lowest BCUT2D eigenvalue weighted by atomic mass is 10.3. The molecule has 0 aliphatic heterocycles. The Morgan fingerprint density at radius 2 is 2.16 bits per heavy atom. The van der Waals surface area contributed by atoms with Gasteiger partial charge in [-0.3, -0.25) is 4.57 Å². The summed E-state index contributed by atoms with van der Waals surface area (Å²) < 4.78 is 7.06. The van der Waals surface area contributed by atoms with Crippen LogP contribution in [0.1, 0.15) is 44.9 Å². The first-order valence-electron chi connectivity index (χ1n) is 6.26. The van der Waals surface area contributed by atoms with Crippen LogP contribution in [-0.4, -0.2) is 24.9 Å². The van der Waals surface area contributed by atoms with Crippen molar-refractivity contribution in [2.45, 2.75) is 50.6 Å². The average molecular weight is 282 g/mol. The molecule has 7 nitrogen and oxygen atoms in total. The van der Waals surface area contributed by atoms with Gasteiger partial charge in [0, 0.05) is 12.5 Å². The van der Waals surface area contributed by atoms with E-state index in [4.69, 9.17) is 10.3 Å². The summed E-state index contributed by atoms with van der Waals surface area (Å²) in [5.74, 6) is 2.35. The van der Waals surface area contributed by atoms with Crippen molar-refractivity contribution in [3.05, 3.63) is 11.7 Å². The molecule has 0 aliphatic rings. The number of nitrogen functional groups attached to an aromatic ring is 1. The van der Waals surface area contributed by atoms with Crippen molar-refractivity contribution >= 4 is 17.7 Å². The third-order valence-corrected chi connectivity index (χ3v) is 3.44. The number of hydrogen-bond donors (Lipinski definition) is 1. The number of rotatable bonds is 6. The number of aromatic nitrogens is 5. The van der Waals surface area contributed by atoms with Crippen LogP contribution in [0.25, 0.3) is 0 Å². The van der Waals surface area contributed by atoms with Gasteiger partial charge < -0.3 is 10.3 Å². The van der Waals surface area contributed by atoms with Crippen LogP contribution in [0.15, 0.2) is 9.68 Å². The van der Waals surface area contributed by atoms with Gasteiger partial charge in [0.25, 0.3) is 0 Å². The van der Waals surface area contributed by atoms with Crippen molar-refractivity contribution in [1.29, 1.82) is 0 Å². The second kappa shape index (κ2) is 6.05. The quantitative estimate of drug-likeness (QED) is 0.810. The Hall–Kier alpha value is -1.57. The summed E-state index contributed by atoms with van der Waals surface area (Å²) in [6.07, 6.45) is 1.84. The minimum atomic E-state index is 0.218. The summed E-state index contributed by atoms with van der Waals surface area (Å²) in [5.41, 5.74) is 5.78. The van der Waals surface area contributed by atoms with Crippen LogP contribution in [0.3, 0.4) is 0 Å². The van der Waals surface area contributed by atoms with Crippen LogP contribution in [0.4, 0.5) is 5.95 Å². The van der Waals surface area contributed by atoms with E-state index in [1.165, 1.54) is 11.8 Å². The van der Waals surface area contributed by atoms with Crippen molar-refractivity contribution < 1.29 is 4.52 Å². The molecule has 0 radical (unpaired) electrons. The van der Waals surface area contributed by atoms with E-state index in [-0.39, 0.29) is 6.04 Å². The molecular formula is C11H18N6OS. The highest BCUT2D eigenvalue weighted by Crippen LogP contribution is 2.25. The first-order valence-corrected chi connectivity index (χ1v) is 7.25. The second-order valence-corrected chi connectivity index (χ2v) is 5.39. The van der Waals surface area contributed by atoms with Crippen molar-refractivity contribution in [3.8, 4) is 0 Å². The van der Waals surface area contributed by atoms with Crippen LogP contribution >= 0.6 is 11.8 Å². The van der Waals surface area contributed by atoms with Gasteiger partial charge in [-0.1, -0.05) is 23.8 Å². The summed E-state index contributed by atoms with van der Waals surface area (Å²) in [6.45, 7) is 6.16. The molecule has 0 bridgehead atoms. The molecule has 0 saturated heterocycles. The van der Waals surface area contributed by atoms with Gasteiger partial charge in [-0.15, -0.1) is 10.2 Å². The average Bonchev–Trinajstić information content (AvgIpc) is 2.94. The van der Waals surface area contributed by atoms with E-state index in [9.17, 15) is 0 Å². The van der Waals surface area contributed by atoms with E-state index < -0.39 is 0 Å². The molecule has 19 heavy (non-hydrogen) atoms. The summed E-state index contributed by atoms with van der Waals surface area (Å²) in [4.78, 5) is 4.31. The maximum atomic E-state index is 5.78. The monoisotopic (exact) mass is 282 g/mol. The molecule has 0 fully saturated rings. The molecule has 0 atom stereocenters. The van der Waals surface area contributed by atoms with Gasteiger partial charge in [0.15, 0.2) is 11.0 Å². The Balaban J connectivity index is 2.02. The Labute approximate surface area is 116 Å². The van der Waals surface area contributed by atoms with Crippen LogP contribution < -0.4 is 5.73 Å². The lowest BCUT2D eigenvalue weighted by molar-refractivity contribution is 0.384. The zero-order valence-corrected chi connectivity index (χ0v) is 12.1. The summed E-state index contributed by atoms with van der Waals surface area (Å²) in [5, 5.41) is 12.6. The molecule has 2 heterocycles. The van der Waals surface area contributed by atoms with E-state index >= 15 is 0 Å². The number of anilines is 1. The molecule has 0 aromatic carbocycles. The largest absolute Gasteiger partial charge is 0.368 e. The number of hydrogen-bond acceptors (Lipinski definition) is 7. The molecule has 2 aromatic heterocycles. The van der Waals surface area contributed by atoms with Crippen molar-refractivity contribution in [1.82, 2.24) is 24.9 Å². The third-order valence-electron chi connectivity index (χ3n) is 2.52. The van der Waals surface area contributed by atoms with E-state index in [0.717, 1.165) is 23.8 Å². The Morgan fingerprint density at radius 3 is 2.84 bits per heavy atom. The maximum Gasteiger partial charge on any atom is 0.237 e. The van der Waals surface area contributed by atoms with Crippen LogP contribution in [-0.2, 0) is 12.2 Å². The van der Waals surface area contributed by atoms with Gasteiger partial charge in [-0.2, -0.15) is 4.98 Å². The van der Waals surface area contributed by atoms with E-state index in [1.54, 1.807) is 0 Å². The minimum absolute atomic E-state index is 0.218. The molecule has 0 saturated carbocycles. The Morgan fingerprint density at radius 1 is 1.37 bits per heavy atom. The normalized spacial score (nSPS) is 11.4. The standard InChI is InChI=1S/C11H18N6OS/c1-4-5-8-13-9(18-16-8)6-19-11-15-14-10(12)17(11)7(2)3/h7H,4-6H2,1-3H3,(H2,12,14). The zero-order valence-electron chi connectivity index (χ0n) is 11.3. The smallest absolute Gasteiger partial charge is 0.237 e. The van der Waals surface area contributed by atoms with Gasteiger partial charge in [0.2, 0.25) is 11.8 Å². The highest BCUT2D eigenvalue weighted by Gasteiger charge is 2.14. The first-order chi connectivity index (χ1) is 9.11. The van der Waals surface area contributed by atoms with Gasteiger partial charge in [0.05, 0.1) is 5.75 Å². The fourth-order valence-corrected chi connectivity index (χ4v) is 2.58. The third kappa shape index (κ3) is 3.25. The summed E-state index contributed by atoms with van der Waals surface area (Å²) in [6, 6.07) is 0.218. The molecular weight excluding hydrogens is 264 g/mol. The second-order valence-electron chi connectivity index (χ2n) is 4.45. The van der Waals surface area contributed by atoms with Crippen LogP contribution in [0.5, 0.6) is 0 Å². The van der Waals surface area contributed by atoms with Gasteiger partial charge in [-0.25, -0.2) is 0 Å². The van der Waals surface area contributed by atoms with E-state index in [1.807, 2.05) is 18.4 Å². The minimum Gasteiger partial charge on any atom is -0.368 e. The highest BCUT2D eigenvalue weighted by atomic mass is 32.2. The highest BCUT2D eigenvalue weighted by molar-refractivity contribution is 7.98. The number of nitrogens with two attached hydrogens (primary N) is 1. The summed E-state index contributed by atoms with van der Waals surface area (Å²) in [7, 11) is 0. The fraction of sp³-hybridized carbons (Fsp3) is 0.636. The van der Waals surface area contributed by atoms with Gasteiger partial charge >= 0.3 is 0 Å². The van der Waals surface area contributed by atoms with Crippen LogP contribution in [0, 0.1) is 0 Å². The van der Waals surface area contributed by atoms with Crippen molar-refractivity contribution in [2.24, 2.45) is 0 Å². The predicted octanol–water partition coefficient (Wildman–Crippen LogP) is 2.07. The fourth-order valence-electron chi connectivity index (χ4n) is 1.67. The van der Waals surface area contributed by atoms with Gasteiger partial charge in [-0.05, 0) is 20.3 Å². The summed E-state index contributed by atoms with van der Waals surface area (Å²) >= 11 is 1.49. The Kier molecular flexibility index (Phi) is 4.41. The number of thioether (sulfide) groups is 1. The molecule has 2 aromatic rings. The molecule has 2 N–H and O–H groups in total. The van der Waals surface area contributed by atoms with E-state index in [0.29, 0.717) is 17.6 Å². The Bertz CT molecular complexity index is 535. The first kappa shape index (κ1) is 13.9. The van der Waals surface area contributed by atoms with Crippen molar-refractivity contribution in [3.63, 3.8) is 0 Å². The molecule has 0 unspecified atom stereocenters. The molecule has 104 valence electrons. The lowest BCUT2D eigenvalue weighted by Crippen LogP contribution is -2.07. The molecule has 8 heteroatoms.